The average Bonchev–Trinajstić information content (AvgIpc) is 3.07. The van der Waals surface area contributed by atoms with Crippen LogP contribution in [0.5, 0.6) is 5.75 Å². The first-order valence-corrected chi connectivity index (χ1v) is 6.17. The van der Waals surface area contributed by atoms with Gasteiger partial charge in [0.25, 0.3) is 5.91 Å². The van der Waals surface area contributed by atoms with Crippen LogP contribution < -0.4 is 10.1 Å². The van der Waals surface area contributed by atoms with E-state index in [2.05, 4.69) is 5.32 Å². The summed E-state index contributed by atoms with van der Waals surface area (Å²) in [7, 11) is 0. The molecule has 92 valence electrons. The number of aryl methyl sites for hydroxylation is 1. The Morgan fingerprint density at radius 2 is 2.24 bits per heavy atom. The molecule has 0 aliphatic heterocycles. The molecule has 0 radical (unpaired) electrons. The minimum absolute atomic E-state index is 0.0555. The normalized spacial score (nSPS) is 16.4. The minimum Gasteiger partial charge on any atom is -0.481 e. The maximum atomic E-state index is 11.7. The Morgan fingerprint density at radius 3 is 2.82 bits per heavy atom. The molecule has 17 heavy (non-hydrogen) atoms. The Balaban J connectivity index is 1.94. The van der Waals surface area contributed by atoms with Crippen LogP contribution >= 0.6 is 11.6 Å². The first-order chi connectivity index (χ1) is 8.06. The summed E-state index contributed by atoms with van der Waals surface area (Å²) in [5.74, 6) is 0.616. The number of halogens is 1. The van der Waals surface area contributed by atoms with E-state index in [1.807, 2.05) is 13.0 Å². The predicted molar refractivity (Wildman–Crippen MR) is 67.4 cm³/mol. The third-order valence-electron chi connectivity index (χ3n) is 2.74. The van der Waals surface area contributed by atoms with Gasteiger partial charge in [0.15, 0.2) is 6.10 Å². The summed E-state index contributed by atoms with van der Waals surface area (Å²) in [6.07, 6.45) is 1.69. The Morgan fingerprint density at radius 1 is 1.53 bits per heavy atom. The smallest absolute Gasteiger partial charge is 0.260 e. The average molecular weight is 254 g/mol. The molecule has 1 atom stereocenters. The zero-order valence-electron chi connectivity index (χ0n) is 10.00. The first-order valence-electron chi connectivity index (χ1n) is 5.79. The molecule has 2 rings (SSSR count). The summed E-state index contributed by atoms with van der Waals surface area (Å²) in [6.45, 7) is 3.66. The lowest BCUT2D eigenvalue weighted by Gasteiger charge is -2.15. The zero-order valence-corrected chi connectivity index (χ0v) is 10.8. The van der Waals surface area contributed by atoms with Gasteiger partial charge < -0.3 is 10.1 Å². The number of rotatable bonds is 4. The van der Waals surface area contributed by atoms with Crippen LogP contribution in [0.4, 0.5) is 0 Å². The predicted octanol–water partition coefficient (Wildman–Crippen LogP) is 2.69. The molecule has 0 bridgehead atoms. The SMILES string of the molecule is Cc1cc(O[C@@H](C)C(=O)NC2CC2)ccc1Cl. The Bertz CT molecular complexity index is 429. The largest absolute Gasteiger partial charge is 0.481 e. The van der Waals surface area contributed by atoms with Gasteiger partial charge >= 0.3 is 0 Å². The van der Waals surface area contributed by atoms with Crippen molar-refractivity contribution in [3.8, 4) is 5.75 Å². The van der Waals surface area contributed by atoms with E-state index in [0.717, 1.165) is 18.4 Å². The molecule has 1 aliphatic rings. The van der Waals surface area contributed by atoms with Crippen molar-refractivity contribution in [3.63, 3.8) is 0 Å². The van der Waals surface area contributed by atoms with E-state index in [1.165, 1.54) is 0 Å². The van der Waals surface area contributed by atoms with Crippen LogP contribution in [0.1, 0.15) is 25.3 Å². The van der Waals surface area contributed by atoms with Crippen molar-refractivity contribution >= 4 is 17.5 Å². The first kappa shape index (κ1) is 12.2. The zero-order chi connectivity index (χ0) is 12.4. The van der Waals surface area contributed by atoms with Gasteiger partial charge in [-0.2, -0.15) is 0 Å². The summed E-state index contributed by atoms with van der Waals surface area (Å²) in [5.41, 5.74) is 0.943. The molecule has 0 aromatic heterocycles. The van der Waals surface area contributed by atoms with Gasteiger partial charge in [0.2, 0.25) is 0 Å². The number of nitrogens with one attached hydrogen (secondary N) is 1. The maximum absolute atomic E-state index is 11.7. The highest BCUT2D eigenvalue weighted by molar-refractivity contribution is 6.31. The Hall–Kier alpha value is -1.22. The number of ether oxygens (including phenoxy) is 1. The quantitative estimate of drug-likeness (QED) is 0.896. The fourth-order valence-electron chi connectivity index (χ4n) is 1.49. The van der Waals surface area contributed by atoms with Gasteiger partial charge in [-0.25, -0.2) is 0 Å². The molecule has 1 aromatic rings. The van der Waals surface area contributed by atoms with Crippen molar-refractivity contribution in [2.24, 2.45) is 0 Å². The molecule has 1 N–H and O–H groups in total. The molecular formula is C13H16ClNO2. The van der Waals surface area contributed by atoms with Crippen LogP contribution in [0.3, 0.4) is 0 Å². The van der Waals surface area contributed by atoms with Crippen molar-refractivity contribution in [3.05, 3.63) is 28.8 Å². The second kappa shape index (κ2) is 4.96. The summed E-state index contributed by atoms with van der Waals surface area (Å²) < 4.78 is 5.57. The molecule has 0 saturated heterocycles. The number of amides is 1. The van der Waals surface area contributed by atoms with Crippen molar-refractivity contribution in [2.45, 2.75) is 38.8 Å². The number of hydrogen-bond donors (Lipinski definition) is 1. The van der Waals surface area contributed by atoms with Gasteiger partial charge in [0.1, 0.15) is 5.75 Å². The third kappa shape index (κ3) is 3.37. The van der Waals surface area contributed by atoms with Crippen molar-refractivity contribution < 1.29 is 9.53 Å². The van der Waals surface area contributed by atoms with Crippen LogP contribution in [0, 0.1) is 6.92 Å². The summed E-state index contributed by atoms with van der Waals surface area (Å²) in [4.78, 5) is 11.7. The van der Waals surface area contributed by atoms with E-state index in [0.29, 0.717) is 16.8 Å². The molecule has 0 spiro atoms. The number of hydrogen-bond acceptors (Lipinski definition) is 2. The second-order valence-corrected chi connectivity index (χ2v) is 4.86. The Labute approximate surface area is 106 Å². The standard InChI is InChI=1S/C13H16ClNO2/c1-8-7-11(5-6-12(8)14)17-9(2)13(16)15-10-3-4-10/h5-7,9-10H,3-4H2,1-2H3,(H,15,16)/t9-/m0/s1. The lowest BCUT2D eigenvalue weighted by Crippen LogP contribution is -2.37. The lowest BCUT2D eigenvalue weighted by atomic mass is 10.2. The van der Waals surface area contributed by atoms with Gasteiger partial charge in [-0.05, 0) is 50.5 Å². The molecule has 1 aromatic carbocycles. The summed E-state index contributed by atoms with van der Waals surface area (Å²) in [6, 6.07) is 5.75. The van der Waals surface area contributed by atoms with Gasteiger partial charge in [0.05, 0.1) is 0 Å². The molecule has 1 aliphatic carbocycles. The number of carbonyl (C=O) groups excluding carboxylic acids is 1. The van der Waals surface area contributed by atoms with Crippen molar-refractivity contribution in [1.29, 1.82) is 0 Å². The molecule has 1 amide bonds. The minimum atomic E-state index is -0.476. The number of benzene rings is 1. The van der Waals surface area contributed by atoms with E-state index in [-0.39, 0.29) is 5.91 Å². The van der Waals surface area contributed by atoms with Crippen molar-refractivity contribution in [2.75, 3.05) is 0 Å². The highest BCUT2D eigenvalue weighted by Crippen LogP contribution is 2.22. The van der Waals surface area contributed by atoms with E-state index in [9.17, 15) is 4.79 Å². The topological polar surface area (TPSA) is 38.3 Å². The fraction of sp³-hybridized carbons (Fsp3) is 0.462. The lowest BCUT2D eigenvalue weighted by molar-refractivity contribution is -0.127. The van der Waals surface area contributed by atoms with Gasteiger partial charge in [-0.15, -0.1) is 0 Å². The van der Waals surface area contributed by atoms with E-state index >= 15 is 0 Å². The van der Waals surface area contributed by atoms with E-state index in [4.69, 9.17) is 16.3 Å². The number of carbonyl (C=O) groups is 1. The molecule has 0 unspecified atom stereocenters. The maximum Gasteiger partial charge on any atom is 0.260 e. The van der Waals surface area contributed by atoms with Crippen LogP contribution in [0.25, 0.3) is 0 Å². The van der Waals surface area contributed by atoms with Crippen molar-refractivity contribution in [1.82, 2.24) is 5.32 Å². The Kier molecular flexibility index (Phi) is 3.57. The molecule has 3 nitrogen and oxygen atoms in total. The highest BCUT2D eigenvalue weighted by Gasteiger charge is 2.26. The third-order valence-corrected chi connectivity index (χ3v) is 3.16. The molecule has 0 heterocycles. The van der Waals surface area contributed by atoms with Crippen LogP contribution in [-0.2, 0) is 4.79 Å². The van der Waals surface area contributed by atoms with Crippen LogP contribution in [0.2, 0.25) is 5.02 Å². The van der Waals surface area contributed by atoms with Gasteiger partial charge in [0, 0.05) is 11.1 Å². The van der Waals surface area contributed by atoms with E-state index in [1.54, 1.807) is 19.1 Å². The van der Waals surface area contributed by atoms with Crippen LogP contribution in [-0.4, -0.2) is 18.1 Å². The summed E-state index contributed by atoms with van der Waals surface area (Å²) in [5, 5.41) is 3.61. The van der Waals surface area contributed by atoms with Gasteiger partial charge in [-0.1, -0.05) is 11.6 Å². The molecular weight excluding hydrogens is 238 g/mol. The molecule has 1 saturated carbocycles. The fourth-order valence-corrected chi connectivity index (χ4v) is 1.61. The second-order valence-electron chi connectivity index (χ2n) is 4.45. The van der Waals surface area contributed by atoms with Crippen LogP contribution in [0.15, 0.2) is 18.2 Å². The van der Waals surface area contributed by atoms with Gasteiger partial charge in [-0.3, -0.25) is 4.79 Å². The summed E-state index contributed by atoms with van der Waals surface area (Å²) >= 11 is 5.92. The molecule has 1 fully saturated rings. The monoisotopic (exact) mass is 253 g/mol. The molecule has 4 heteroatoms. The highest BCUT2D eigenvalue weighted by atomic mass is 35.5. The van der Waals surface area contributed by atoms with E-state index < -0.39 is 6.10 Å².